The Morgan fingerprint density at radius 2 is 1.87 bits per heavy atom. The Labute approximate surface area is 142 Å². The highest BCUT2D eigenvalue weighted by atomic mass is 35.5. The predicted octanol–water partition coefficient (Wildman–Crippen LogP) is 5.04. The second kappa shape index (κ2) is 7.19. The number of amides is 1. The SMILES string of the molecule is Cc1cc(Cl)c(C(=O)Nc2cccc(C(F)(F)F)c2)c(C)n1.Cl. The van der Waals surface area contributed by atoms with Crippen molar-refractivity contribution >= 4 is 35.6 Å². The number of pyridine rings is 1. The molecule has 0 bridgehead atoms. The molecule has 8 heteroatoms. The number of alkyl halides is 3. The van der Waals surface area contributed by atoms with Crippen LogP contribution in [-0.4, -0.2) is 10.9 Å². The average molecular weight is 365 g/mol. The Kier molecular flexibility index (Phi) is 6.02. The van der Waals surface area contributed by atoms with E-state index in [1.165, 1.54) is 18.2 Å². The molecule has 23 heavy (non-hydrogen) atoms. The molecule has 0 radical (unpaired) electrons. The zero-order valence-electron chi connectivity index (χ0n) is 12.2. The van der Waals surface area contributed by atoms with E-state index in [0.29, 0.717) is 11.4 Å². The highest BCUT2D eigenvalue weighted by molar-refractivity contribution is 6.34. The first kappa shape index (κ1) is 19.3. The summed E-state index contributed by atoms with van der Waals surface area (Å²) in [6.45, 7) is 3.34. The van der Waals surface area contributed by atoms with Crippen LogP contribution in [-0.2, 0) is 6.18 Å². The van der Waals surface area contributed by atoms with Crippen LogP contribution in [0.1, 0.15) is 27.3 Å². The summed E-state index contributed by atoms with van der Waals surface area (Å²) >= 11 is 6.02. The van der Waals surface area contributed by atoms with Crippen molar-refractivity contribution < 1.29 is 18.0 Å². The second-order valence-corrected chi connectivity index (χ2v) is 5.15. The van der Waals surface area contributed by atoms with E-state index in [2.05, 4.69) is 10.3 Å². The quantitative estimate of drug-likeness (QED) is 0.810. The first-order valence-electron chi connectivity index (χ1n) is 6.31. The van der Waals surface area contributed by atoms with E-state index in [1.54, 1.807) is 13.8 Å². The number of carbonyl (C=O) groups excluding carboxylic acids is 1. The molecule has 1 heterocycles. The van der Waals surface area contributed by atoms with Gasteiger partial charge in [-0.3, -0.25) is 9.78 Å². The summed E-state index contributed by atoms with van der Waals surface area (Å²) in [4.78, 5) is 16.3. The summed E-state index contributed by atoms with van der Waals surface area (Å²) < 4.78 is 38.0. The summed E-state index contributed by atoms with van der Waals surface area (Å²) in [5, 5.41) is 2.61. The van der Waals surface area contributed by atoms with Crippen molar-refractivity contribution in [3.63, 3.8) is 0 Å². The number of carbonyl (C=O) groups is 1. The Morgan fingerprint density at radius 3 is 2.43 bits per heavy atom. The van der Waals surface area contributed by atoms with Crippen LogP contribution in [0.25, 0.3) is 0 Å². The van der Waals surface area contributed by atoms with Gasteiger partial charge in [0.2, 0.25) is 0 Å². The van der Waals surface area contributed by atoms with E-state index in [9.17, 15) is 18.0 Å². The summed E-state index contributed by atoms with van der Waals surface area (Å²) in [7, 11) is 0. The number of aryl methyl sites for hydroxylation is 2. The molecule has 3 nitrogen and oxygen atoms in total. The van der Waals surface area contributed by atoms with Gasteiger partial charge in [0, 0.05) is 11.4 Å². The van der Waals surface area contributed by atoms with Crippen LogP contribution in [0, 0.1) is 13.8 Å². The number of benzene rings is 1. The summed E-state index contributed by atoms with van der Waals surface area (Å²) in [5.74, 6) is -0.602. The molecular formula is C15H13Cl2F3N2O. The van der Waals surface area contributed by atoms with Gasteiger partial charge in [-0.05, 0) is 38.1 Å². The minimum Gasteiger partial charge on any atom is -0.322 e. The minimum atomic E-state index is -4.47. The molecule has 0 aliphatic carbocycles. The molecule has 0 saturated heterocycles. The van der Waals surface area contributed by atoms with Gasteiger partial charge in [0.15, 0.2) is 0 Å². The molecule has 0 fully saturated rings. The molecular weight excluding hydrogens is 352 g/mol. The van der Waals surface area contributed by atoms with Gasteiger partial charge >= 0.3 is 6.18 Å². The highest BCUT2D eigenvalue weighted by Crippen LogP contribution is 2.31. The number of nitrogens with one attached hydrogen (secondary N) is 1. The van der Waals surface area contributed by atoms with E-state index in [1.807, 2.05) is 0 Å². The highest BCUT2D eigenvalue weighted by Gasteiger charge is 2.30. The molecule has 0 aliphatic heterocycles. The van der Waals surface area contributed by atoms with Crippen molar-refractivity contribution in [2.75, 3.05) is 5.32 Å². The molecule has 0 atom stereocenters. The zero-order chi connectivity index (χ0) is 16.5. The Morgan fingerprint density at radius 1 is 1.22 bits per heavy atom. The maximum Gasteiger partial charge on any atom is 0.416 e. The van der Waals surface area contributed by atoms with Crippen LogP contribution in [0.3, 0.4) is 0 Å². The number of rotatable bonds is 2. The average Bonchev–Trinajstić information content (AvgIpc) is 2.36. The van der Waals surface area contributed by atoms with Crippen molar-refractivity contribution in [3.05, 3.63) is 57.9 Å². The fourth-order valence-corrected chi connectivity index (χ4v) is 2.40. The second-order valence-electron chi connectivity index (χ2n) is 4.74. The third-order valence-corrected chi connectivity index (χ3v) is 3.25. The number of hydrogen-bond acceptors (Lipinski definition) is 2. The van der Waals surface area contributed by atoms with Crippen molar-refractivity contribution in [2.45, 2.75) is 20.0 Å². The third kappa shape index (κ3) is 4.59. The zero-order valence-corrected chi connectivity index (χ0v) is 13.7. The molecule has 0 spiro atoms. The monoisotopic (exact) mass is 364 g/mol. The summed E-state index contributed by atoms with van der Waals surface area (Å²) in [5.41, 5.74) is 0.406. The van der Waals surface area contributed by atoms with Gasteiger partial charge in [0.1, 0.15) is 0 Å². The smallest absolute Gasteiger partial charge is 0.322 e. The molecule has 1 aromatic carbocycles. The van der Waals surface area contributed by atoms with E-state index in [0.717, 1.165) is 12.1 Å². The lowest BCUT2D eigenvalue weighted by Gasteiger charge is -2.12. The van der Waals surface area contributed by atoms with Gasteiger partial charge in [0.05, 0.1) is 21.8 Å². The number of halogens is 5. The van der Waals surface area contributed by atoms with Gasteiger partial charge < -0.3 is 5.32 Å². The van der Waals surface area contributed by atoms with Crippen LogP contribution in [0.5, 0.6) is 0 Å². The van der Waals surface area contributed by atoms with E-state index < -0.39 is 17.6 Å². The standard InChI is InChI=1S/C15H12ClF3N2O.ClH/c1-8-6-12(16)13(9(2)20-8)14(22)21-11-5-3-4-10(7-11)15(17,18)19;/h3-7H,1-2H3,(H,21,22);1H. The van der Waals surface area contributed by atoms with E-state index in [-0.39, 0.29) is 28.7 Å². The molecule has 1 amide bonds. The largest absolute Gasteiger partial charge is 0.416 e. The van der Waals surface area contributed by atoms with Gasteiger partial charge in [-0.15, -0.1) is 12.4 Å². The van der Waals surface area contributed by atoms with Gasteiger partial charge in [0.25, 0.3) is 5.91 Å². The maximum atomic E-state index is 12.7. The fraction of sp³-hybridized carbons (Fsp3) is 0.200. The van der Waals surface area contributed by atoms with Crippen LogP contribution in [0.2, 0.25) is 5.02 Å². The van der Waals surface area contributed by atoms with Crippen LogP contribution in [0.15, 0.2) is 30.3 Å². The molecule has 0 unspecified atom stereocenters. The van der Waals surface area contributed by atoms with Gasteiger partial charge in [-0.25, -0.2) is 0 Å². The molecule has 1 N–H and O–H groups in total. The predicted molar refractivity (Wildman–Crippen MR) is 85.4 cm³/mol. The van der Waals surface area contributed by atoms with Crippen LogP contribution in [0.4, 0.5) is 18.9 Å². The first-order valence-corrected chi connectivity index (χ1v) is 6.68. The molecule has 2 aromatic rings. The first-order chi connectivity index (χ1) is 10.2. The lowest BCUT2D eigenvalue weighted by molar-refractivity contribution is -0.137. The third-order valence-electron chi connectivity index (χ3n) is 2.96. The molecule has 124 valence electrons. The molecule has 2 rings (SSSR count). The van der Waals surface area contributed by atoms with Crippen molar-refractivity contribution in [2.24, 2.45) is 0 Å². The summed E-state index contributed by atoms with van der Waals surface area (Å²) in [6.07, 6.45) is -4.47. The van der Waals surface area contributed by atoms with Gasteiger partial charge in [-0.1, -0.05) is 17.7 Å². The summed E-state index contributed by atoms with van der Waals surface area (Å²) in [6, 6.07) is 5.91. The fourth-order valence-electron chi connectivity index (χ4n) is 2.02. The number of anilines is 1. The minimum absolute atomic E-state index is 0. The van der Waals surface area contributed by atoms with Gasteiger partial charge in [-0.2, -0.15) is 13.2 Å². The van der Waals surface area contributed by atoms with Crippen LogP contribution < -0.4 is 5.32 Å². The normalized spacial score (nSPS) is 10.9. The van der Waals surface area contributed by atoms with Crippen molar-refractivity contribution in [3.8, 4) is 0 Å². The topological polar surface area (TPSA) is 42.0 Å². The van der Waals surface area contributed by atoms with E-state index >= 15 is 0 Å². The lowest BCUT2D eigenvalue weighted by atomic mass is 10.1. The number of nitrogens with zero attached hydrogens (tertiary/aromatic N) is 1. The Balaban J connectivity index is 0.00000264. The van der Waals surface area contributed by atoms with Crippen LogP contribution >= 0.6 is 24.0 Å². The Hall–Kier alpha value is -1.79. The molecule has 1 aromatic heterocycles. The number of aromatic nitrogens is 1. The van der Waals surface area contributed by atoms with Crippen molar-refractivity contribution in [1.82, 2.24) is 4.98 Å². The Bertz CT molecular complexity index is 710. The van der Waals surface area contributed by atoms with Crippen molar-refractivity contribution in [1.29, 1.82) is 0 Å². The lowest BCUT2D eigenvalue weighted by Crippen LogP contribution is -2.16. The molecule has 0 saturated carbocycles. The molecule has 0 aliphatic rings. The number of hydrogen-bond donors (Lipinski definition) is 1. The maximum absolute atomic E-state index is 12.7. The van der Waals surface area contributed by atoms with E-state index in [4.69, 9.17) is 11.6 Å².